The van der Waals surface area contributed by atoms with Crippen molar-refractivity contribution < 1.29 is 9.59 Å². The van der Waals surface area contributed by atoms with E-state index in [-0.39, 0.29) is 11.6 Å². The van der Waals surface area contributed by atoms with Crippen molar-refractivity contribution in [2.75, 3.05) is 36.8 Å². The van der Waals surface area contributed by atoms with E-state index in [1.54, 1.807) is 0 Å². The van der Waals surface area contributed by atoms with E-state index in [9.17, 15) is 9.59 Å². The smallest absolute Gasteiger partial charge is 0.203 e. The molecule has 0 unspecified atom stereocenters. The van der Waals surface area contributed by atoms with E-state index in [0.29, 0.717) is 37.6 Å². The van der Waals surface area contributed by atoms with Crippen LogP contribution in [0.4, 0.5) is 11.4 Å². The third kappa shape index (κ3) is 5.74. The van der Waals surface area contributed by atoms with Crippen LogP contribution in [0.1, 0.15) is 0 Å². The van der Waals surface area contributed by atoms with Crippen LogP contribution < -0.4 is 21.3 Å². The van der Waals surface area contributed by atoms with Gasteiger partial charge in [-0.15, -0.1) is 0 Å². The lowest BCUT2D eigenvalue weighted by molar-refractivity contribution is -0.115. The van der Waals surface area contributed by atoms with Gasteiger partial charge in [-0.1, -0.05) is 36.4 Å². The lowest BCUT2D eigenvalue weighted by atomic mass is 10.1. The Bertz CT molecular complexity index is 787. The lowest BCUT2D eigenvalue weighted by Gasteiger charge is -2.16. The topological polar surface area (TPSA) is 82.3 Å². The van der Waals surface area contributed by atoms with Gasteiger partial charge in [-0.05, 0) is 24.3 Å². The summed E-state index contributed by atoms with van der Waals surface area (Å²) >= 11 is 0. The highest BCUT2D eigenvalue weighted by atomic mass is 16.1. The number of ketones is 2. The Hall–Kier alpha value is -3.54. The van der Waals surface area contributed by atoms with Crippen molar-refractivity contribution in [1.29, 1.82) is 0 Å². The molecule has 0 spiro atoms. The van der Waals surface area contributed by atoms with Gasteiger partial charge in [-0.3, -0.25) is 9.59 Å². The van der Waals surface area contributed by atoms with Crippen molar-refractivity contribution in [2.45, 2.75) is 0 Å². The molecule has 0 fully saturated rings. The Morgan fingerprint density at radius 3 is 1.25 bits per heavy atom. The third-order valence-electron chi connectivity index (χ3n) is 4.17. The fraction of sp³-hybridized carbons (Fsp3) is 0.182. The van der Waals surface area contributed by atoms with Crippen molar-refractivity contribution >= 4 is 22.9 Å². The molecular formula is C22H24N4O2. The summed E-state index contributed by atoms with van der Waals surface area (Å²) in [5, 5.41) is 12.5. The molecule has 2 aromatic carbocycles. The molecule has 0 radical (unpaired) electrons. The molecule has 144 valence electrons. The van der Waals surface area contributed by atoms with Gasteiger partial charge in [-0.2, -0.15) is 0 Å². The molecule has 3 rings (SSSR count). The standard InChI is InChI=1S/C22H24N4O2/c27-21-16-20(26-14-12-24-18-9-5-2-6-10-18)22(28)15-19(21)25-13-11-23-17-7-3-1-4-8-17/h1-10,15-16,23-26H,11-14H2. The summed E-state index contributed by atoms with van der Waals surface area (Å²) in [7, 11) is 0. The number of nitrogens with one attached hydrogen (secondary N) is 4. The van der Waals surface area contributed by atoms with E-state index in [0.717, 1.165) is 11.4 Å². The molecule has 1 aliphatic carbocycles. The highest BCUT2D eigenvalue weighted by molar-refractivity contribution is 6.19. The average molecular weight is 376 g/mol. The molecule has 0 atom stereocenters. The number of allylic oxidation sites excluding steroid dienone is 2. The SMILES string of the molecule is O=C1C=C(NCCNc2ccccc2)C(=O)C=C1NCCNc1ccccc1. The summed E-state index contributed by atoms with van der Waals surface area (Å²) in [6, 6.07) is 19.6. The van der Waals surface area contributed by atoms with Gasteiger partial charge in [0.15, 0.2) is 0 Å². The Kier molecular flexibility index (Phi) is 6.84. The van der Waals surface area contributed by atoms with Crippen molar-refractivity contribution in [3.05, 3.63) is 84.2 Å². The minimum Gasteiger partial charge on any atom is -0.383 e. The Labute approximate surface area is 164 Å². The summed E-state index contributed by atoms with van der Waals surface area (Å²) in [6.07, 6.45) is 2.72. The average Bonchev–Trinajstić information content (AvgIpc) is 2.73. The maximum Gasteiger partial charge on any atom is 0.203 e. The van der Waals surface area contributed by atoms with Crippen molar-refractivity contribution in [3.63, 3.8) is 0 Å². The Balaban J connectivity index is 1.39. The molecule has 0 saturated carbocycles. The molecule has 28 heavy (non-hydrogen) atoms. The molecule has 6 nitrogen and oxygen atoms in total. The van der Waals surface area contributed by atoms with Crippen LogP contribution in [0.25, 0.3) is 0 Å². The third-order valence-corrected chi connectivity index (χ3v) is 4.17. The molecule has 0 heterocycles. The van der Waals surface area contributed by atoms with Crippen molar-refractivity contribution in [3.8, 4) is 0 Å². The summed E-state index contributed by atoms with van der Waals surface area (Å²) < 4.78 is 0. The number of carbonyl (C=O) groups is 2. The first-order valence-corrected chi connectivity index (χ1v) is 9.30. The van der Waals surface area contributed by atoms with Gasteiger partial charge in [-0.25, -0.2) is 0 Å². The molecule has 0 aliphatic heterocycles. The fourth-order valence-corrected chi connectivity index (χ4v) is 2.76. The van der Waals surface area contributed by atoms with Crippen LogP contribution in [-0.4, -0.2) is 37.7 Å². The van der Waals surface area contributed by atoms with Crippen LogP contribution in [0.3, 0.4) is 0 Å². The maximum absolute atomic E-state index is 12.2. The lowest BCUT2D eigenvalue weighted by Crippen LogP contribution is -2.32. The van der Waals surface area contributed by atoms with E-state index in [2.05, 4.69) is 21.3 Å². The number of benzene rings is 2. The Morgan fingerprint density at radius 2 is 0.857 bits per heavy atom. The van der Waals surface area contributed by atoms with Gasteiger partial charge >= 0.3 is 0 Å². The van der Waals surface area contributed by atoms with Gasteiger partial charge in [0.2, 0.25) is 11.6 Å². The fourth-order valence-electron chi connectivity index (χ4n) is 2.76. The first-order valence-electron chi connectivity index (χ1n) is 9.30. The zero-order valence-corrected chi connectivity index (χ0v) is 15.6. The highest BCUT2D eigenvalue weighted by Gasteiger charge is 2.19. The van der Waals surface area contributed by atoms with Crippen molar-refractivity contribution in [2.24, 2.45) is 0 Å². The zero-order chi connectivity index (χ0) is 19.6. The van der Waals surface area contributed by atoms with Crippen LogP contribution >= 0.6 is 0 Å². The molecule has 4 N–H and O–H groups in total. The van der Waals surface area contributed by atoms with E-state index < -0.39 is 0 Å². The van der Waals surface area contributed by atoms with Gasteiger partial charge in [0.05, 0.1) is 11.4 Å². The second-order valence-electron chi connectivity index (χ2n) is 6.28. The molecule has 1 aliphatic rings. The number of anilines is 2. The summed E-state index contributed by atoms with van der Waals surface area (Å²) in [5.41, 5.74) is 2.68. The molecule has 0 amide bonds. The minimum absolute atomic E-state index is 0.196. The summed E-state index contributed by atoms with van der Waals surface area (Å²) in [5.74, 6) is -0.393. The van der Waals surface area contributed by atoms with Crippen LogP contribution in [0.15, 0.2) is 84.2 Å². The number of hydrogen-bond donors (Lipinski definition) is 4. The van der Waals surface area contributed by atoms with Gasteiger partial charge in [0, 0.05) is 49.7 Å². The second kappa shape index (κ2) is 9.97. The van der Waals surface area contributed by atoms with Crippen LogP contribution in [0, 0.1) is 0 Å². The van der Waals surface area contributed by atoms with Crippen molar-refractivity contribution in [1.82, 2.24) is 10.6 Å². The quantitative estimate of drug-likeness (QED) is 0.376. The highest BCUT2D eigenvalue weighted by Crippen LogP contribution is 2.08. The molecule has 6 heteroatoms. The van der Waals surface area contributed by atoms with E-state index >= 15 is 0 Å². The first kappa shape index (κ1) is 19.2. The van der Waals surface area contributed by atoms with Gasteiger partial charge < -0.3 is 21.3 Å². The first-order chi connectivity index (χ1) is 13.7. The number of para-hydroxylation sites is 2. The van der Waals surface area contributed by atoms with Crippen LogP contribution in [0.2, 0.25) is 0 Å². The predicted octanol–water partition coefficient (Wildman–Crippen LogP) is 2.31. The summed E-state index contributed by atoms with van der Waals surface area (Å²) in [4.78, 5) is 24.5. The number of rotatable bonds is 10. The monoisotopic (exact) mass is 376 g/mol. The maximum atomic E-state index is 12.2. The van der Waals surface area contributed by atoms with Crippen LogP contribution in [-0.2, 0) is 9.59 Å². The normalized spacial score (nSPS) is 13.4. The second-order valence-corrected chi connectivity index (χ2v) is 6.28. The van der Waals surface area contributed by atoms with E-state index in [4.69, 9.17) is 0 Å². The molecule has 0 bridgehead atoms. The zero-order valence-electron chi connectivity index (χ0n) is 15.6. The van der Waals surface area contributed by atoms with E-state index in [1.165, 1.54) is 12.2 Å². The van der Waals surface area contributed by atoms with Gasteiger partial charge in [0.1, 0.15) is 0 Å². The van der Waals surface area contributed by atoms with Gasteiger partial charge in [0.25, 0.3) is 0 Å². The number of hydrogen-bond acceptors (Lipinski definition) is 6. The predicted molar refractivity (Wildman–Crippen MR) is 112 cm³/mol. The minimum atomic E-state index is -0.196. The largest absolute Gasteiger partial charge is 0.383 e. The number of carbonyl (C=O) groups excluding carboxylic acids is 2. The van der Waals surface area contributed by atoms with Crippen LogP contribution in [0.5, 0.6) is 0 Å². The summed E-state index contributed by atoms with van der Waals surface area (Å²) in [6.45, 7) is 2.36. The Morgan fingerprint density at radius 1 is 0.500 bits per heavy atom. The molecule has 0 saturated heterocycles. The molecule has 2 aromatic rings. The van der Waals surface area contributed by atoms with E-state index in [1.807, 2.05) is 60.7 Å². The molecular weight excluding hydrogens is 352 g/mol. The molecule has 0 aromatic heterocycles.